The number of piperazine rings is 1. The number of carbonyl (C=O) groups is 1. The van der Waals surface area contributed by atoms with Gasteiger partial charge in [0.2, 0.25) is 5.91 Å². The van der Waals surface area contributed by atoms with E-state index in [1.807, 2.05) is 29.2 Å². The number of hydrogen-bond donors (Lipinski definition) is 1. The molecule has 2 heterocycles. The molecule has 1 N–H and O–H groups in total. The summed E-state index contributed by atoms with van der Waals surface area (Å²) in [4.78, 5) is 40.7. The van der Waals surface area contributed by atoms with Gasteiger partial charge in [0.15, 0.2) is 5.56 Å². The number of benzene rings is 1. The van der Waals surface area contributed by atoms with Crippen LogP contribution in [0.15, 0.2) is 39.9 Å². The first-order valence-electron chi connectivity index (χ1n) is 9.45. The zero-order chi connectivity index (χ0) is 21.0. The molecule has 0 spiro atoms. The fraction of sp³-hybridized carbons (Fsp3) is 0.400. The molecular formula is C20H24N6O3. The molecule has 1 aromatic heterocycles. The van der Waals surface area contributed by atoms with E-state index in [4.69, 9.17) is 0 Å². The Bertz CT molecular complexity index is 1040. The van der Waals surface area contributed by atoms with Gasteiger partial charge in [-0.05, 0) is 12.1 Å². The van der Waals surface area contributed by atoms with Crippen molar-refractivity contribution in [3.8, 4) is 6.07 Å². The lowest BCUT2D eigenvalue weighted by atomic mass is 10.2. The van der Waals surface area contributed by atoms with Crippen molar-refractivity contribution >= 4 is 17.4 Å². The number of nitrogens with zero attached hydrogens (tertiary/aromatic N) is 5. The molecule has 1 aliphatic rings. The van der Waals surface area contributed by atoms with Crippen LogP contribution in [0.3, 0.4) is 0 Å². The SMILES string of the molecule is Cn1c(NCCC(=O)N2CCN(c3ccccc3)CC2)c(C#N)c(=O)n(C)c1=O. The molecule has 1 fully saturated rings. The Labute approximate surface area is 168 Å². The quantitative estimate of drug-likeness (QED) is 0.769. The predicted molar refractivity (Wildman–Crippen MR) is 110 cm³/mol. The van der Waals surface area contributed by atoms with E-state index in [1.54, 1.807) is 0 Å². The summed E-state index contributed by atoms with van der Waals surface area (Å²) in [5, 5.41) is 12.2. The molecule has 0 saturated carbocycles. The molecule has 1 aliphatic heterocycles. The molecule has 1 amide bonds. The minimum atomic E-state index is -0.651. The number of rotatable bonds is 5. The van der Waals surface area contributed by atoms with Gasteiger partial charge in [-0.15, -0.1) is 0 Å². The van der Waals surface area contributed by atoms with E-state index in [0.717, 1.165) is 23.3 Å². The first kappa shape index (κ1) is 20.2. The van der Waals surface area contributed by atoms with Gasteiger partial charge in [0.05, 0.1) is 0 Å². The molecule has 1 saturated heterocycles. The number of hydrogen-bond acceptors (Lipinski definition) is 6. The lowest BCUT2D eigenvalue weighted by molar-refractivity contribution is -0.131. The normalized spacial score (nSPS) is 13.8. The zero-order valence-electron chi connectivity index (χ0n) is 16.6. The molecule has 1 aromatic carbocycles. The fourth-order valence-electron chi connectivity index (χ4n) is 3.45. The van der Waals surface area contributed by atoms with Crippen LogP contribution in [0.5, 0.6) is 0 Å². The third-order valence-corrected chi connectivity index (χ3v) is 5.16. The van der Waals surface area contributed by atoms with Gasteiger partial charge in [0.25, 0.3) is 5.56 Å². The van der Waals surface area contributed by atoms with E-state index >= 15 is 0 Å². The summed E-state index contributed by atoms with van der Waals surface area (Å²) in [7, 11) is 2.81. The highest BCUT2D eigenvalue weighted by Gasteiger charge is 2.21. The summed E-state index contributed by atoms with van der Waals surface area (Å²) >= 11 is 0. The van der Waals surface area contributed by atoms with E-state index in [-0.39, 0.29) is 30.3 Å². The molecule has 9 heteroatoms. The number of nitrogens with one attached hydrogen (secondary N) is 1. The highest BCUT2D eigenvalue weighted by molar-refractivity contribution is 5.77. The molecular weight excluding hydrogens is 372 g/mol. The van der Waals surface area contributed by atoms with E-state index in [0.29, 0.717) is 13.1 Å². The Morgan fingerprint density at radius 3 is 2.34 bits per heavy atom. The molecule has 3 rings (SSSR count). The second-order valence-corrected chi connectivity index (χ2v) is 6.92. The number of nitriles is 1. The van der Waals surface area contributed by atoms with Crippen LogP contribution in [0, 0.1) is 11.3 Å². The van der Waals surface area contributed by atoms with Crippen LogP contribution in [-0.4, -0.2) is 52.7 Å². The third-order valence-electron chi connectivity index (χ3n) is 5.16. The molecule has 152 valence electrons. The van der Waals surface area contributed by atoms with Gasteiger partial charge in [0, 0.05) is 58.9 Å². The van der Waals surface area contributed by atoms with E-state index in [1.165, 1.54) is 18.7 Å². The maximum absolute atomic E-state index is 12.5. The first-order valence-corrected chi connectivity index (χ1v) is 9.45. The number of para-hydroxylation sites is 1. The van der Waals surface area contributed by atoms with Crippen LogP contribution in [-0.2, 0) is 18.9 Å². The van der Waals surface area contributed by atoms with Crippen molar-refractivity contribution < 1.29 is 4.79 Å². The van der Waals surface area contributed by atoms with E-state index in [9.17, 15) is 19.6 Å². The van der Waals surface area contributed by atoms with Crippen molar-refractivity contribution in [2.45, 2.75) is 6.42 Å². The smallest absolute Gasteiger partial charge is 0.332 e. The third kappa shape index (κ3) is 4.16. The maximum atomic E-state index is 12.5. The Morgan fingerprint density at radius 1 is 1.07 bits per heavy atom. The maximum Gasteiger partial charge on any atom is 0.332 e. The minimum absolute atomic E-state index is 0.00227. The summed E-state index contributed by atoms with van der Waals surface area (Å²) in [5.74, 6) is 0.139. The second-order valence-electron chi connectivity index (χ2n) is 6.92. The summed E-state index contributed by atoms with van der Waals surface area (Å²) < 4.78 is 2.10. The van der Waals surface area contributed by atoms with Crippen molar-refractivity contribution in [2.75, 3.05) is 42.9 Å². The van der Waals surface area contributed by atoms with Crippen molar-refractivity contribution in [3.05, 3.63) is 56.7 Å². The van der Waals surface area contributed by atoms with Crippen LogP contribution >= 0.6 is 0 Å². The van der Waals surface area contributed by atoms with Crippen molar-refractivity contribution in [3.63, 3.8) is 0 Å². The number of aromatic nitrogens is 2. The van der Waals surface area contributed by atoms with E-state index < -0.39 is 11.2 Å². The van der Waals surface area contributed by atoms with E-state index in [2.05, 4.69) is 22.3 Å². The van der Waals surface area contributed by atoms with Gasteiger partial charge in [-0.3, -0.25) is 18.7 Å². The monoisotopic (exact) mass is 396 g/mol. The second kappa shape index (κ2) is 8.65. The van der Waals surface area contributed by atoms with Crippen molar-refractivity contribution in [1.29, 1.82) is 5.26 Å². The van der Waals surface area contributed by atoms with Gasteiger partial charge in [-0.1, -0.05) is 18.2 Å². The molecule has 29 heavy (non-hydrogen) atoms. The summed E-state index contributed by atoms with van der Waals surface area (Å²) in [6.07, 6.45) is 0.208. The lowest BCUT2D eigenvalue weighted by Crippen LogP contribution is -2.49. The minimum Gasteiger partial charge on any atom is -0.370 e. The van der Waals surface area contributed by atoms with Crippen LogP contribution in [0.2, 0.25) is 0 Å². The van der Waals surface area contributed by atoms with Crippen LogP contribution in [0.1, 0.15) is 12.0 Å². The number of carbonyl (C=O) groups excluding carboxylic acids is 1. The summed E-state index contributed by atoms with van der Waals surface area (Å²) in [6, 6.07) is 11.9. The predicted octanol–water partition coefficient (Wildman–Crippen LogP) is 0.106. The molecule has 0 aliphatic carbocycles. The summed E-state index contributed by atoms with van der Waals surface area (Å²) in [5.41, 5.74) is -0.170. The molecule has 0 radical (unpaired) electrons. The van der Waals surface area contributed by atoms with Gasteiger partial charge in [-0.2, -0.15) is 5.26 Å². The van der Waals surface area contributed by atoms with Gasteiger partial charge >= 0.3 is 5.69 Å². The molecule has 0 atom stereocenters. The Hall–Kier alpha value is -3.54. The Kier molecular flexibility index (Phi) is 6.02. The molecule has 9 nitrogen and oxygen atoms in total. The molecule has 0 unspecified atom stereocenters. The van der Waals surface area contributed by atoms with Crippen molar-refractivity contribution in [1.82, 2.24) is 14.0 Å². The van der Waals surface area contributed by atoms with Crippen LogP contribution in [0.4, 0.5) is 11.5 Å². The standard InChI is InChI=1S/C20H24N6O3/c1-23-18(16(14-21)19(28)24(2)20(23)29)22-9-8-17(27)26-12-10-25(11-13-26)15-6-4-3-5-7-15/h3-7,22H,8-13H2,1-2H3. The van der Waals surface area contributed by atoms with Crippen LogP contribution < -0.4 is 21.5 Å². The van der Waals surface area contributed by atoms with Gasteiger partial charge in [-0.25, -0.2) is 4.79 Å². The lowest BCUT2D eigenvalue weighted by Gasteiger charge is -2.36. The largest absolute Gasteiger partial charge is 0.370 e. The fourth-order valence-corrected chi connectivity index (χ4v) is 3.45. The average molecular weight is 396 g/mol. The molecule has 0 bridgehead atoms. The van der Waals surface area contributed by atoms with Gasteiger partial charge < -0.3 is 15.1 Å². The first-order chi connectivity index (χ1) is 13.9. The summed E-state index contributed by atoms with van der Waals surface area (Å²) in [6.45, 7) is 3.05. The molecule has 2 aromatic rings. The van der Waals surface area contributed by atoms with Crippen molar-refractivity contribution in [2.24, 2.45) is 14.1 Å². The van der Waals surface area contributed by atoms with Crippen LogP contribution in [0.25, 0.3) is 0 Å². The number of anilines is 2. The highest BCUT2D eigenvalue weighted by Crippen LogP contribution is 2.16. The Balaban J connectivity index is 1.57. The number of amides is 1. The topological polar surface area (TPSA) is 103 Å². The highest BCUT2D eigenvalue weighted by atomic mass is 16.2. The van der Waals surface area contributed by atoms with Gasteiger partial charge in [0.1, 0.15) is 11.9 Å². The Morgan fingerprint density at radius 2 is 1.72 bits per heavy atom. The average Bonchev–Trinajstić information content (AvgIpc) is 2.76. The zero-order valence-corrected chi connectivity index (χ0v) is 16.6.